The van der Waals surface area contributed by atoms with E-state index in [1.165, 1.54) is 4.70 Å². The number of aliphatic hydroxyl groups is 1. The zero-order valence-corrected chi connectivity index (χ0v) is 10.4. The van der Waals surface area contributed by atoms with Gasteiger partial charge < -0.3 is 10.8 Å². The molecule has 2 aromatic rings. The molecule has 0 radical (unpaired) electrons. The average molecular weight is 254 g/mol. The fourth-order valence-corrected chi connectivity index (χ4v) is 3.51. The Hall–Kier alpha value is -0.620. The van der Waals surface area contributed by atoms with Crippen LogP contribution in [-0.4, -0.2) is 28.5 Å². The van der Waals surface area contributed by atoms with Crippen LogP contribution in [0.15, 0.2) is 28.6 Å². The molecule has 0 bridgehead atoms. The summed E-state index contributed by atoms with van der Waals surface area (Å²) in [5, 5.41) is 8.80. The summed E-state index contributed by atoms with van der Waals surface area (Å²) in [5.74, 6) is 0.904. The smallest absolute Gasteiger partial charge is 0.151 e. The Morgan fingerprint density at radius 1 is 1.44 bits per heavy atom. The van der Waals surface area contributed by atoms with Crippen molar-refractivity contribution in [2.75, 3.05) is 12.4 Å². The van der Waals surface area contributed by atoms with Crippen molar-refractivity contribution in [3.8, 4) is 0 Å². The van der Waals surface area contributed by atoms with Gasteiger partial charge in [-0.2, -0.15) is 0 Å². The molecule has 1 heterocycles. The van der Waals surface area contributed by atoms with Gasteiger partial charge in [-0.3, -0.25) is 0 Å². The topological polar surface area (TPSA) is 59.1 Å². The third-order valence-corrected chi connectivity index (χ3v) is 4.44. The SMILES string of the molecule is NC(CO)CCSc1nc2ccccc2s1. The van der Waals surface area contributed by atoms with Gasteiger partial charge in [0.05, 0.1) is 16.8 Å². The quantitative estimate of drug-likeness (QED) is 0.802. The van der Waals surface area contributed by atoms with E-state index in [2.05, 4.69) is 11.1 Å². The lowest BCUT2D eigenvalue weighted by Crippen LogP contribution is -2.24. The molecule has 1 unspecified atom stereocenters. The second-order valence-electron chi connectivity index (χ2n) is 3.53. The lowest BCUT2D eigenvalue weighted by molar-refractivity contribution is 0.264. The van der Waals surface area contributed by atoms with Crippen LogP contribution in [0.25, 0.3) is 10.2 Å². The van der Waals surface area contributed by atoms with E-state index < -0.39 is 0 Å². The molecule has 0 fully saturated rings. The van der Waals surface area contributed by atoms with Gasteiger partial charge in [-0.05, 0) is 18.6 Å². The van der Waals surface area contributed by atoms with Crippen LogP contribution >= 0.6 is 23.1 Å². The number of aliphatic hydroxyl groups excluding tert-OH is 1. The number of fused-ring (bicyclic) bond motifs is 1. The van der Waals surface area contributed by atoms with E-state index in [4.69, 9.17) is 10.8 Å². The molecule has 0 aliphatic heterocycles. The highest BCUT2D eigenvalue weighted by atomic mass is 32.2. The summed E-state index contributed by atoms with van der Waals surface area (Å²) in [6, 6.07) is 8.02. The number of rotatable bonds is 5. The van der Waals surface area contributed by atoms with E-state index in [9.17, 15) is 0 Å². The van der Waals surface area contributed by atoms with E-state index in [-0.39, 0.29) is 12.6 Å². The van der Waals surface area contributed by atoms with Gasteiger partial charge in [0, 0.05) is 11.8 Å². The molecule has 3 N–H and O–H groups in total. The molecule has 1 aromatic heterocycles. The van der Waals surface area contributed by atoms with Crippen LogP contribution < -0.4 is 5.73 Å². The van der Waals surface area contributed by atoms with Gasteiger partial charge in [0.2, 0.25) is 0 Å². The summed E-state index contributed by atoms with van der Waals surface area (Å²) in [6.07, 6.45) is 0.817. The number of nitrogens with zero attached hydrogens (tertiary/aromatic N) is 1. The summed E-state index contributed by atoms with van der Waals surface area (Å²) in [6.45, 7) is 0.0560. The van der Waals surface area contributed by atoms with Gasteiger partial charge in [0.25, 0.3) is 0 Å². The standard InChI is InChI=1S/C11H14N2OS2/c12-8(7-14)5-6-15-11-13-9-3-1-2-4-10(9)16-11/h1-4,8,14H,5-7,12H2. The predicted molar refractivity (Wildman–Crippen MR) is 70.0 cm³/mol. The van der Waals surface area contributed by atoms with Crippen molar-refractivity contribution < 1.29 is 5.11 Å². The molecule has 0 saturated heterocycles. The van der Waals surface area contributed by atoms with Crippen molar-refractivity contribution in [1.82, 2.24) is 4.98 Å². The maximum Gasteiger partial charge on any atom is 0.151 e. The van der Waals surface area contributed by atoms with Gasteiger partial charge in [-0.1, -0.05) is 23.9 Å². The summed E-state index contributed by atoms with van der Waals surface area (Å²) in [5.41, 5.74) is 6.69. The average Bonchev–Trinajstić information content (AvgIpc) is 2.71. The van der Waals surface area contributed by atoms with Crippen molar-refractivity contribution in [3.05, 3.63) is 24.3 Å². The minimum atomic E-state index is -0.109. The highest BCUT2D eigenvalue weighted by molar-refractivity contribution is 8.01. The zero-order valence-electron chi connectivity index (χ0n) is 8.80. The number of thioether (sulfide) groups is 1. The molecule has 86 valence electrons. The number of para-hydroxylation sites is 1. The second kappa shape index (κ2) is 5.63. The summed E-state index contributed by atoms with van der Waals surface area (Å²) >= 11 is 3.41. The minimum Gasteiger partial charge on any atom is -0.395 e. The van der Waals surface area contributed by atoms with Crippen LogP contribution in [0.1, 0.15) is 6.42 Å². The molecule has 16 heavy (non-hydrogen) atoms. The third kappa shape index (κ3) is 2.95. The molecule has 1 aromatic carbocycles. The van der Waals surface area contributed by atoms with Crippen molar-refractivity contribution in [2.45, 2.75) is 16.8 Å². The van der Waals surface area contributed by atoms with Crippen LogP contribution in [0, 0.1) is 0 Å². The van der Waals surface area contributed by atoms with Gasteiger partial charge in [0.15, 0.2) is 4.34 Å². The fraction of sp³-hybridized carbons (Fsp3) is 0.364. The number of nitrogens with two attached hydrogens (primary N) is 1. The molecule has 0 amide bonds. The molecular formula is C11H14N2OS2. The molecule has 0 aliphatic rings. The highest BCUT2D eigenvalue weighted by Gasteiger charge is 2.05. The molecule has 0 spiro atoms. The van der Waals surface area contributed by atoms with Crippen molar-refractivity contribution in [2.24, 2.45) is 5.73 Å². The lowest BCUT2D eigenvalue weighted by Gasteiger charge is -2.05. The third-order valence-electron chi connectivity index (χ3n) is 2.22. The number of hydrogen-bond donors (Lipinski definition) is 2. The van der Waals surface area contributed by atoms with Crippen LogP contribution in [0.4, 0.5) is 0 Å². The van der Waals surface area contributed by atoms with Gasteiger partial charge >= 0.3 is 0 Å². The first-order valence-electron chi connectivity index (χ1n) is 5.14. The predicted octanol–water partition coefficient (Wildman–Crippen LogP) is 2.10. The van der Waals surface area contributed by atoms with Crippen molar-refractivity contribution in [1.29, 1.82) is 0 Å². The Morgan fingerprint density at radius 3 is 3.00 bits per heavy atom. The Labute approximate surface area is 103 Å². The largest absolute Gasteiger partial charge is 0.395 e. The second-order valence-corrected chi connectivity index (χ2v) is 5.90. The van der Waals surface area contributed by atoms with Crippen molar-refractivity contribution >= 4 is 33.3 Å². The first-order valence-corrected chi connectivity index (χ1v) is 6.94. The van der Waals surface area contributed by atoms with E-state index in [1.807, 2.05) is 18.2 Å². The first-order chi connectivity index (χ1) is 7.79. The Morgan fingerprint density at radius 2 is 2.25 bits per heavy atom. The lowest BCUT2D eigenvalue weighted by atomic mass is 10.3. The summed E-state index contributed by atoms with van der Waals surface area (Å²) < 4.78 is 2.29. The maximum absolute atomic E-state index is 8.80. The van der Waals surface area contributed by atoms with Crippen LogP contribution in [0.5, 0.6) is 0 Å². The van der Waals surface area contributed by atoms with E-state index >= 15 is 0 Å². The number of thiazole rings is 1. The van der Waals surface area contributed by atoms with Crippen molar-refractivity contribution in [3.63, 3.8) is 0 Å². The zero-order chi connectivity index (χ0) is 11.4. The minimum absolute atomic E-state index is 0.0560. The van der Waals surface area contributed by atoms with E-state index in [0.29, 0.717) is 0 Å². The molecule has 0 aliphatic carbocycles. The fourth-order valence-electron chi connectivity index (χ4n) is 1.30. The first kappa shape index (κ1) is 11.9. The molecule has 2 rings (SSSR count). The monoisotopic (exact) mass is 254 g/mol. The molecular weight excluding hydrogens is 240 g/mol. The van der Waals surface area contributed by atoms with Gasteiger partial charge in [-0.15, -0.1) is 11.3 Å². The van der Waals surface area contributed by atoms with Crippen LogP contribution in [0.3, 0.4) is 0 Å². The summed E-state index contributed by atoms with van der Waals surface area (Å²) in [7, 11) is 0. The van der Waals surface area contributed by atoms with Crippen LogP contribution in [-0.2, 0) is 0 Å². The van der Waals surface area contributed by atoms with Crippen LogP contribution in [0.2, 0.25) is 0 Å². The molecule has 5 heteroatoms. The van der Waals surface area contributed by atoms with Gasteiger partial charge in [-0.25, -0.2) is 4.98 Å². The number of aromatic nitrogens is 1. The maximum atomic E-state index is 8.80. The molecule has 0 saturated carbocycles. The Bertz CT molecular complexity index is 425. The van der Waals surface area contributed by atoms with E-state index in [0.717, 1.165) is 22.0 Å². The Kier molecular flexibility index (Phi) is 4.17. The normalized spacial score (nSPS) is 13.1. The number of benzene rings is 1. The number of hydrogen-bond acceptors (Lipinski definition) is 5. The molecule has 1 atom stereocenters. The Balaban J connectivity index is 1.94. The summed E-state index contributed by atoms with van der Waals surface area (Å²) in [4.78, 5) is 4.51. The molecule has 3 nitrogen and oxygen atoms in total. The van der Waals surface area contributed by atoms with Gasteiger partial charge in [0.1, 0.15) is 0 Å². The van der Waals surface area contributed by atoms with E-state index in [1.54, 1.807) is 23.1 Å². The highest BCUT2D eigenvalue weighted by Crippen LogP contribution is 2.29.